The molecule has 0 spiro atoms. The number of rotatable bonds is 2. The van der Waals surface area contributed by atoms with Gasteiger partial charge in [0.25, 0.3) is 0 Å². The average molecular weight is 189 g/mol. The highest BCUT2D eigenvalue weighted by Crippen LogP contribution is 2.19. The molecule has 66 valence electrons. The Bertz CT molecular complexity index is 278. The Morgan fingerprint density at radius 1 is 1.75 bits per heavy atom. The number of nitrogens with zero attached hydrogens (tertiary/aromatic N) is 1. The number of hydrogen-bond acceptors (Lipinski definition) is 2. The Balaban J connectivity index is 2.96. The van der Waals surface area contributed by atoms with Crippen molar-refractivity contribution >= 4 is 11.6 Å². The third-order valence-corrected chi connectivity index (χ3v) is 2.00. The quantitative estimate of drug-likeness (QED) is 0.722. The van der Waals surface area contributed by atoms with Gasteiger partial charge in [-0.2, -0.15) is 0 Å². The maximum atomic E-state index is 13.0. The first-order valence-electron chi connectivity index (χ1n) is 3.61. The summed E-state index contributed by atoms with van der Waals surface area (Å²) < 4.78 is 13.0. The van der Waals surface area contributed by atoms with Crippen LogP contribution in [0.5, 0.6) is 0 Å². The number of aromatic nitrogens is 1. The average Bonchev–Trinajstić information content (AvgIpc) is 2.08. The number of hydrogen-bond donors (Lipinski definition) is 1. The maximum absolute atomic E-state index is 13.0. The summed E-state index contributed by atoms with van der Waals surface area (Å²) in [5.41, 5.74) is 6.41. The first-order valence-corrected chi connectivity index (χ1v) is 3.99. The molecule has 2 nitrogen and oxygen atoms in total. The fourth-order valence-electron chi connectivity index (χ4n) is 0.887. The van der Waals surface area contributed by atoms with E-state index in [0.29, 0.717) is 10.7 Å². The topological polar surface area (TPSA) is 38.9 Å². The predicted molar refractivity (Wildman–Crippen MR) is 46.9 cm³/mol. The van der Waals surface area contributed by atoms with Gasteiger partial charge >= 0.3 is 0 Å². The van der Waals surface area contributed by atoms with Crippen LogP contribution in [0.1, 0.15) is 17.3 Å². The fraction of sp³-hybridized carbons (Fsp3) is 0.375. The van der Waals surface area contributed by atoms with Crippen LogP contribution in [0.25, 0.3) is 0 Å². The van der Waals surface area contributed by atoms with Gasteiger partial charge in [0, 0.05) is 18.3 Å². The van der Waals surface area contributed by atoms with Crippen molar-refractivity contribution in [3.63, 3.8) is 0 Å². The third kappa shape index (κ3) is 1.93. The zero-order valence-electron chi connectivity index (χ0n) is 6.72. The largest absolute Gasteiger partial charge is 0.327 e. The third-order valence-electron chi connectivity index (χ3n) is 1.60. The van der Waals surface area contributed by atoms with Crippen molar-refractivity contribution < 1.29 is 4.39 Å². The highest BCUT2D eigenvalue weighted by molar-refractivity contribution is 6.30. The van der Waals surface area contributed by atoms with Crippen molar-refractivity contribution in [2.24, 2.45) is 5.73 Å². The number of aryl methyl sites for hydroxylation is 1. The molecule has 0 aliphatic heterocycles. The maximum Gasteiger partial charge on any atom is 0.139 e. The molecule has 0 aromatic carbocycles. The van der Waals surface area contributed by atoms with Crippen LogP contribution >= 0.6 is 11.6 Å². The molecule has 2 N–H and O–H groups in total. The van der Waals surface area contributed by atoms with Crippen LogP contribution in [0.15, 0.2) is 12.3 Å². The van der Waals surface area contributed by atoms with Crippen LogP contribution in [-0.4, -0.2) is 11.5 Å². The summed E-state index contributed by atoms with van der Waals surface area (Å²) >= 11 is 5.66. The van der Waals surface area contributed by atoms with E-state index in [2.05, 4.69) is 4.98 Å². The summed E-state index contributed by atoms with van der Waals surface area (Å²) in [6.07, 6.45) is 0.265. The molecule has 4 heteroatoms. The molecule has 0 amide bonds. The predicted octanol–water partition coefficient (Wildman–Crippen LogP) is 2.01. The highest BCUT2D eigenvalue weighted by Gasteiger charge is 2.08. The van der Waals surface area contributed by atoms with Gasteiger partial charge in [0.1, 0.15) is 11.3 Å². The van der Waals surface area contributed by atoms with Crippen molar-refractivity contribution in [1.82, 2.24) is 4.98 Å². The van der Waals surface area contributed by atoms with E-state index in [1.807, 2.05) is 0 Å². The monoisotopic (exact) mass is 188 g/mol. The van der Waals surface area contributed by atoms with Crippen molar-refractivity contribution in [3.05, 3.63) is 28.5 Å². The molecular formula is C8H10ClFN2. The van der Waals surface area contributed by atoms with Crippen LogP contribution in [0.4, 0.5) is 4.39 Å². The van der Waals surface area contributed by atoms with E-state index in [1.165, 1.54) is 6.20 Å². The van der Waals surface area contributed by atoms with Gasteiger partial charge in [-0.15, -0.1) is 0 Å². The van der Waals surface area contributed by atoms with E-state index in [-0.39, 0.29) is 6.54 Å². The summed E-state index contributed by atoms with van der Waals surface area (Å²) in [6.45, 7) is 1.75. The van der Waals surface area contributed by atoms with Crippen LogP contribution in [-0.2, 0) is 0 Å². The van der Waals surface area contributed by atoms with Crippen LogP contribution in [0.3, 0.4) is 0 Å². The zero-order chi connectivity index (χ0) is 9.14. The van der Waals surface area contributed by atoms with Gasteiger partial charge in [-0.25, -0.2) is 9.37 Å². The number of nitrogens with two attached hydrogens (primary N) is 1. The van der Waals surface area contributed by atoms with Crippen LogP contribution in [0, 0.1) is 6.92 Å². The number of alkyl halides is 1. The summed E-state index contributed by atoms with van der Waals surface area (Å²) in [5.74, 6) is 0. The van der Waals surface area contributed by atoms with E-state index < -0.39 is 6.17 Å². The van der Waals surface area contributed by atoms with Crippen molar-refractivity contribution in [3.8, 4) is 0 Å². The van der Waals surface area contributed by atoms with Crippen LogP contribution < -0.4 is 5.73 Å². The second-order valence-electron chi connectivity index (χ2n) is 2.58. The number of halogens is 2. The molecule has 0 saturated heterocycles. The lowest BCUT2D eigenvalue weighted by atomic mass is 10.1. The second-order valence-corrected chi connectivity index (χ2v) is 2.94. The van der Waals surface area contributed by atoms with E-state index in [1.54, 1.807) is 13.0 Å². The Labute approximate surface area is 75.6 Å². The van der Waals surface area contributed by atoms with Crippen LogP contribution in [0.2, 0.25) is 5.15 Å². The molecule has 12 heavy (non-hydrogen) atoms. The van der Waals surface area contributed by atoms with Crippen molar-refractivity contribution in [1.29, 1.82) is 0 Å². The van der Waals surface area contributed by atoms with E-state index in [9.17, 15) is 4.39 Å². The summed E-state index contributed by atoms with van der Waals surface area (Å²) in [7, 11) is 0. The standard InChI is InChI=1S/C8H10ClFN2/c1-5-2-6(7(10)3-11)4-12-8(5)9/h2,4,7H,3,11H2,1H3. The summed E-state index contributed by atoms with van der Waals surface area (Å²) in [4.78, 5) is 3.82. The molecule has 1 atom stereocenters. The lowest BCUT2D eigenvalue weighted by Gasteiger charge is -2.05. The molecule has 1 unspecified atom stereocenters. The minimum absolute atomic E-state index is 0.0250. The molecule has 1 rings (SSSR count). The van der Waals surface area contributed by atoms with Gasteiger partial charge in [-0.1, -0.05) is 11.6 Å². The van der Waals surface area contributed by atoms with Crippen molar-refractivity contribution in [2.45, 2.75) is 13.1 Å². The lowest BCUT2D eigenvalue weighted by molar-refractivity contribution is 0.352. The molecule has 0 aliphatic rings. The molecule has 0 saturated carbocycles. The number of pyridine rings is 1. The van der Waals surface area contributed by atoms with E-state index in [0.717, 1.165) is 5.56 Å². The van der Waals surface area contributed by atoms with E-state index in [4.69, 9.17) is 17.3 Å². The first-order chi connectivity index (χ1) is 5.65. The molecule has 1 aromatic rings. The van der Waals surface area contributed by atoms with Gasteiger partial charge < -0.3 is 5.73 Å². The molecule has 0 radical (unpaired) electrons. The molecule has 0 aliphatic carbocycles. The molecular weight excluding hydrogens is 179 g/mol. The Kier molecular flexibility index (Phi) is 3.00. The van der Waals surface area contributed by atoms with Gasteiger partial charge in [0.05, 0.1) is 0 Å². The van der Waals surface area contributed by atoms with Crippen molar-refractivity contribution in [2.75, 3.05) is 6.54 Å². The molecule has 1 aromatic heterocycles. The Hall–Kier alpha value is -0.670. The first kappa shape index (κ1) is 9.42. The van der Waals surface area contributed by atoms with E-state index >= 15 is 0 Å². The van der Waals surface area contributed by atoms with Gasteiger partial charge in [0.15, 0.2) is 0 Å². The fourth-order valence-corrected chi connectivity index (χ4v) is 0.991. The van der Waals surface area contributed by atoms with Gasteiger partial charge in [-0.3, -0.25) is 0 Å². The SMILES string of the molecule is Cc1cc(C(F)CN)cnc1Cl. The summed E-state index contributed by atoms with van der Waals surface area (Å²) in [5, 5.41) is 0.406. The second kappa shape index (κ2) is 3.83. The van der Waals surface area contributed by atoms with Gasteiger partial charge in [-0.05, 0) is 18.6 Å². The normalized spacial score (nSPS) is 13.0. The summed E-state index contributed by atoms with van der Waals surface area (Å²) in [6, 6.07) is 1.66. The zero-order valence-corrected chi connectivity index (χ0v) is 7.48. The lowest BCUT2D eigenvalue weighted by Crippen LogP contribution is -2.08. The Morgan fingerprint density at radius 3 is 2.92 bits per heavy atom. The molecule has 0 bridgehead atoms. The molecule has 1 heterocycles. The van der Waals surface area contributed by atoms with Gasteiger partial charge in [0.2, 0.25) is 0 Å². The minimum Gasteiger partial charge on any atom is -0.327 e. The highest BCUT2D eigenvalue weighted by atomic mass is 35.5. The molecule has 0 fully saturated rings. The minimum atomic E-state index is -1.14. The Morgan fingerprint density at radius 2 is 2.42 bits per heavy atom. The smallest absolute Gasteiger partial charge is 0.139 e.